The summed E-state index contributed by atoms with van der Waals surface area (Å²) in [6, 6.07) is 0.323. The summed E-state index contributed by atoms with van der Waals surface area (Å²) in [7, 11) is 0. The van der Waals surface area contributed by atoms with Crippen LogP contribution in [0.3, 0.4) is 0 Å². The highest BCUT2D eigenvalue weighted by Crippen LogP contribution is 2.38. The van der Waals surface area contributed by atoms with E-state index < -0.39 is 5.60 Å². The van der Waals surface area contributed by atoms with Gasteiger partial charge in [0.2, 0.25) is 0 Å². The Morgan fingerprint density at radius 3 is 2.68 bits per heavy atom. The minimum absolute atomic E-state index is 0. The van der Waals surface area contributed by atoms with Crippen molar-refractivity contribution >= 4 is 36.0 Å². The molecule has 0 bridgehead atoms. The van der Waals surface area contributed by atoms with Crippen LogP contribution in [-0.2, 0) is 9.47 Å². The van der Waals surface area contributed by atoms with E-state index in [-0.39, 0.29) is 30.1 Å². The molecule has 2 aliphatic heterocycles. The molecule has 3 rings (SSSR count). The quantitative estimate of drug-likeness (QED) is 0.351. The summed E-state index contributed by atoms with van der Waals surface area (Å²) in [5.74, 6) is 0.959. The maximum Gasteiger partial charge on any atom is 0.410 e. The average molecular weight is 508 g/mol. The Kier molecular flexibility index (Phi) is 8.25. The number of guanidine groups is 1. The van der Waals surface area contributed by atoms with Crippen LogP contribution in [0, 0.1) is 5.41 Å². The van der Waals surface area contributed by atoms with Gasteiger partial charge in [-0.25, -0.2) is 4.79 Å². The van der Waals surface area contributed by atoms with Crippen LogP contribution in [0.1, 0.15) is 53.4 Å². The van der Waals surface area contributed by atoms with Crippen LogP contribution in [0.5, 0.6) is 0 Å². The first-order chi connectivity index (χ1) is 12.8. The van der Waals surface area contributed by atoms with Gasteiger partial charge in [-0.2, -0.15) is 0 Å². The molecule has 0 aromatic rings. The number of amides is 1. The van der Waals surface area contributed by atoms with Gasteiger partial charge in [-0.1, -0.05) is 0 Å². The predicted octanol–water partition coefficient (Wildman–Crippen LogP) is 3.08. The average Bonchev–Trinajstić information content (AvgIpc) is 3.18. The third kappa shape index (κ3) is 6.37. The van der Waals surface area contributed by atoms with Gasteiger partial charge in [-0.3, -0.25) is 4.99 Å². The van der Waals surface area contributed by atoms with Crippen molar-refractivity contribution in [1.82, 2.24) is 15.1 Å². The fourth-order valence-electron chi connectivity index (χ4n) is 3.91. The lowest BCUT2D eigenvalue weighted by atomic mass is 9.87. The van der Waals surface area contributed by atoms with Gasteiger partial charge >= 0.3 is 6.09 Å². The predicted molar refractivity (Wildman–Crippen MR) is 121 cm³/mol. The summed E-state index contributed by atoms with van der Waals surface area (Å²) in [5.41, 5.74) is -0.150. The fourth-order valence-corrected chi connectivity index (χ4v) is 3.91. The van der Waals surface area contributed by atoms with Gasteiger partial charge in [0.1, 0.15) is 5.60 Å². The van der Waals surface area contributed by atoms with Crippen molar-refractivity contribution in [2.24, 2.45) is 10.4 Å². The second kappa shape index (κ2) is 9.82. The van der Waals surface area contributed by atoms with Crippen molar-refractivity contribution in [3.8, 4) is 0 Å². The largest absolute Gasteiger partial charge is 0.444 e. The lowest BCUT2D eigenvalue weighted by Gasteiger charge is -2.27. The molecule has 1 atom stereocenters. The van der Waals surface area contributed by atoms with Gasteiger partial charge in [0.05, 0.1) is 13.2 Å². The number of ether oxygens (including phenoxy) is 2. The molecule has 7 nitrogen and oxygen atoms in total. The molecule has 2 heterocycles. The van der Waals surface area contributed by atoms with Crippen LogP contribution in [-0.4, -0.2) is 79.4 Å². The Labute approximate surface area is 186 Å². The molecular formula is C20H37IN4O3. The standard InChI is InChI=1S/C20H36N4O3.HI/c1-5-21-17(23-11-8-20(14-23)9-13-26-15-20)22-10-12-24(16-6-7-16)18(25)27-19(2,3)4;/h16H,5-15H2,1-4H3,(H,21,22);1H. The number of hydrogen-bond donors (Lipinski definition) is 1. The molecule has 1 N–H and O–H groups in total. The number of aliphatic imine (C=N–C) groups is 1. The van der Waals surface area contributed by atoms with E-state index in [2.05, 4.69) is 17.1 Å². The van der Waals surface area contributed by atoms with Crippen molar-refractivity contribution in [2.45, 2.75) is 65.0 Å². The Bertz CT molecular complexity index is 554. The first kappa shape index (κ1) is 23.5. The number of hydrogen-bond acceptors (Lipinski definition) is 4. The third-order valence-corrected chi connectivity index (χ3v) is 5.48. The summed E-state index contributed by atoms with van der Waals surface area (Å²) >= 11 is 0. The Morgan fingerprint density at radius 1 is 1.36 bits per heavy atom. The summed E-state index contributed by atoms with van der Waals surface area (Å²) in [6.07, 6.45) is 4.24. The molecular weight excluding hydrogens is 471 g/mol. The van der Waals surface area contributed by atoms with Crippen molar-refractivity contribution in [1.29, 1.82) is 0 Å². The van der Waals surface area contributed by atoms with E-state index in [0.717, 1.165) is 58.1 Å². The zero-order chi connectivity index (χ0) is 19.5. The van der Waals surface area contributed by atoms with E-state index in [1.807, 2.05) is 25.7 Å². The maximum atomic E-state index is 12.5. The zero-order valence-electron chi connectivity index (χ0n) is 17.8. The van der Waals surface area contributed by atoms with Crippen molar-refractivity contribution < 1.29 is 14.3 Å². The van der Waals surface area contributed by atoms with E-state index >= 15 is 0 Å². The number of nitrogens with zero attached hydrogens (tertiary/aromatic N) is 3. The van der Waals surface area contributed by atoms with E-state index in [1.54, 1.807) is 0 Å². The van der Waals surface area contributed by atoms with Gasteiger partial charge in [0.15, 0.2) is 5.96 Å². The van der Waals surface area contributed by atoms with Gasteiger partial charge in [0.25, 0.3) is 0 Å². The Morgan fingerprint density at radius 2 is 2.11 bits per heavy atom. The molecule has 1 amide bonds. The molecule has 1 saturated carbocycles. The SMILES string of the molecule is CCNC(=NCCN(C(=O)OC(C)(C)C)C1CC1)N1CCC2(CCOC2)C1.I. The number of rotatable bonds is 5. The second-order valence-corrected chi connectivity index (χ2v) is 9.11. The summed E-state index contributed by atoms with van der Waals surface area (Å²) in [6.45, 7) is 13.7. The summed E-state index contributed by atoms with van der Waals surface area (Å²) < 4.78 is 11.2. The van der Waals surface area contributed by atoms with E-state index in [4.69, 9.17) is 14.5 Å². The minimum atomic E-state index is -0.463. The van der Waals surface area contributed by atoms with E-state index in [0.29, 0.717) is 24.5 Å². The molecule has 0 radical (unpaired) electrons. The van der Waals surface area contributed by atoms with Gasteiger partial charge in [-0.05, 0) is 53.4 Å². The van der Waals surface area contributed by atoms with Crippen molar-refractivity contribution in [3.05, 3.63) is 0 Å². The van der Waals surface area contributed by atoms with Crippen LogP contribution in [0.4, 0.5) is 4.79 Å². The maximum absolute atomic E-state index is 12.5. The van der Waals surface area contributed by atoms with Crippen molar-refractivity contribution in [3.63, 3.8) is 0 Å². The number of nitrogens with one attached hydrogen (secondary N) is 1. The monoisotopic (exact) mass is 508 g/mol. The minimum Gasteiger partial charge on any atom is -0.444 e. The van der Waals surface area contributed by atoms with Crippen LogP contribution in [0.25, 0.3) is 0 Å². The van der Waals surface area contributed by atoms with Gasteiger partial charge in [-0.15, -0.1) is 24.0 Å². The van der Waals surface area contributed by atoms with Crippen LogP contribution in [0.15, 0.2) is 4.99 Å². The molecule has 3 fully saturated rings. The molecule has 1 unspecified atom stereocenters. The summed E-state index contributed by atoms with van der Waals surface area (Å²) in [5, 5.41) is 3.42. The molecule has 8 heteroatoms. The molecule has 0 aromatic heterocycles. The number of carbonyl (C=O) groups is 1. The lowest BCUT2D eigenvalue weighted by Crippen LogP contribution is -2.43. The Hall–Kier alpha value is -0.770. The highest BCUT2D eigenvalue weighted by atomic mass is 127. The first-order valence-corrected chi connectivity index (χ1v) is 10.4. The zero-order valence-corrected chi connectivity index (χ0v) is 20.2. The lowest BCUT2D eigenvalue weighted by molar-refractivity contribution is 0.0240. The molecule has 1 aliphatic carbocycles. The van der Waals surface area contributed by atoms with Gasteiger partial charge < -0.3 is 24.6 Å². The van der Waals surface area contributed by atoms with Crippen molar-refractivity contribution in [2.75, 3.05) is 45.9 Å². The number of carbonyl (C=O) groups excluding carboxylic acids is 1. The second-order valence-electron chi connectivity index (χ2n) is 9.11. The fraction of sp³-hybridized carbons (Fsp3) is 0.900. The van der Waals surface area contributed by atoms with Crippen LogP contribution >= 0.6 is 24.0 Å². The first-order valence-electron chi connectivity index (χ1n) is 10.4. The number of halogens is 1. The topological polar surface area (TPSA) is 66.4 Å². The molecule has 162 valence electrons. The highest BCUT2D eigenvalue weighted by Gasteiger charge is 2.42. The van der Waals surface area contributed by atoms with Gasteiger partial charge in [0, 0.05) is 44.2 Å². The molecule has 2 saturated heterocycles. The van der Waals surface area contributed by atoms with Crippen LogP contribution in [0.2, 0.25) is 0 Å². The smallest absolute Gasteiger partial charge is 0.410 e. The molecule has 28 heavy (non-hydrogen) atoms. The number of likely N-dealkylation sites (tertiary alicyclic amines) is 1. The van der Waals surface area contributed by atoms with E-state index in [9.17, 15) is 4.79 Å². The third-order valence-electron chi connectivity index (χ3n) is 5.48. The Balaban J connectivity index is 0.00000280. The normalized spacial score (nSPS) is 25.0. The highest BCUT2D eigenvalue weighted by molar-refractivity contribution is 14.0. The summed E-state index contributed by atoms with van der Waals surface area (Å²) in [4.78, 5) is 21.5. The molecule has 0 aromatic carbocycles. The molecule has 1 spiro atoms. The van der Waals surface area contributed by atoms with Crippen LogP contribution < -0.4 is 5.32 Å². The van der Waals surface area contributed by atoms with E-state index in [1.165, 1.54) is 6.42 Å². The molecule has 3 aliphatic rings.